The van der Waals surface area contributed by atoms with E-state index in [1.807, 2.05) is 0 Å². The minimum absolute atomic E-state index is 0. The van der Waals surface area contributed by atoms with Crippen LogP contribution in [0.25, 0.3) is 0 Å². The zero-order valence-corrected chi connectivity index (χ0v) is 9.78. The van der Waals surface area contributed by atoms with Gasteiger partial charge in [0.15, 0.2) is 0 Å². The van der Waals surface area contributed by atoms with Crippen LogP contribution in [0, 0.1) is 0 Å². The monoisotopic (exact) mass is 253 g/mol. The van der Waals surface area contributed by atoms with Gasteiger partial charge in [-0.3, -0.25) is 0 Å². The highest BCUT2D eigenvalue weighted by atomic mass is 35.5. The Hall–Kier alpha value is -0.740. The molecular weight excluding hydrogens is 239 g/mol. The summed E-state index contributed by atoms with van der Waals surface area (Å²) in [5, 5.41) is 2.09. The fourth-order valence-electron chi connectivity index (χ4n) is 1.30. The van der Waals surface area contributed by atoms with Gasteiger partial charge in [0.05, 0.1) is 12.1 Å². The molecule has 0 saturated carbocycles. The minimum Gasteiger partial charge on any atom is -1.00 e. The summed E-state index contributed by atoms with van der Waals surface area (Å²) >= 11 is 0. The van der Waals surface area contributed by atoms with Crippen LogP contribution >= 0.6 is 0 Å². The number of nitrogens with two attached hydrogens (primary N) is 1. The summed E-state index contributed by atoms with van der Waals surface area (Å²) < 4.78 is 36.7. The normalized spacial score (nSPS) is 11.0. The maximum absolute atomic E-state index is 12.2. The molecule has 0 aliphatic rings. The molecule has 0 unspecified atom stereocenters. The van der Waals surface area contributed by atoms with Gasteiger partial charge in [0, 0.05) is 5.56 Å². The second-order valence-corrected chi connectivity index (χ2v) is 3.48. The third-order valence-corrected chi connectivity index (χ3v) is 2.15. The highest BCUT2D eigenvalue weighted by Crippen LogP contribution is 2.28. The first kappa shape index (κ1) is 15.3. The molecule has 0 saturated heterocycles. The molecule has 0 aliphatic carbocycles. The van der Waals surface area contributed by atoms with Crippen molar-refractivity contribution < 1.29 is 30.9 Å². The third kappa shape index (κ3) is 4.86. The van der Waals surface area contributed by atoms with Crippen molar-refractivity contribution in [3.8, 4) is 0 Å². The predicted molar refractivity (Wildman–Crippen MR) is 52.2 cm³/mol. The summed E-state index contributed by atoms with van der Waals surface area (Å²) in [7, 11) is 0. The van der Waals surface area contributed by atoms with E-state index < -0.39 is 11.7 Å². The van der Waals surface area contributed by atoms with Crippen molar-refractivity contribution >= 4 is 0 Å². The molecule has 1 nitrogen and oxygen atoms in total. The molecule has 0 atom stereocenters. The Morgan fingerprint density at radius 2 is 1.69 bits per heavy atom. The van der Waals surface area contributed by atoms with E-state index in [1.54, 1.807) is 0 Å². The standard InChI is InChI=1S/C11H14F3N.ClH/c1-2-7-15-8-9-3-5-10(6-4-9)11(12,13)14;/h3-6,15H,2,7-8H2,1H3;1H. The first-order valence-electron chi connectivity index (χ1n) is 5.02. The maximum Gasteiger partial charge on any atom is 0.416 e. The van der Waals surface area contributed by atoms with Crippen LogP contribution in [-0.2, 0) is 12.7 Å². The Morgan fingerprint density at radius 1 is 1.12 bits per heavy atom. The Labute approximate surface area is 99.5 Å². The molecule has 92 valence electrons. The summed E-state index contributed by atoms with van der Waals surface area (Å²) in [6.07, 6.45) is -3.16. The SMILES string of the molecule is CCC[NH2+]Cc1ccc(C(F)(F)F)cc1.[Cl-]. The van der Waals surface area contributed by atoms with Gasteiger partial charge in [-0.05, 0) is 18.6 Å². The number of quaternary nitrogens is 1. The largest absolute Gasteiger partial charge is 1.00 e. The number of hydrogen-bond donors (Lipinski definition) is 1. The topological polar surface area (TPSA) is 16.6 Å². The molecule has 0 fully saturated rings. The molecule has 0 amide bonds. The quantitative estimate of drug-likeness (QED) is 0.676. The second-order valence-electron chi connectivity index (χ2n) is 3.48. The predicted octanol–water partition coefficient (Wildman–Crippen LogP) is -0.817. The van der Waals surface area contributed by atoms with E-state index in [2.05, 4.69) is 12.2 Å². The van der Waals surface area contributed by atoms with Gasteiger partial charge >= 0.3 is 6.18 Å². The summed E-state index contributed by atoms with van der Waals surface area (Å²) in [5.41, 5.74) is 0.346. The molecule has 1 aromatic rings. The Kier molecular flexibility index (Phi) is 6.45. The molecule has 5 heteroatoms. The lowest BCUT2D eigenvalue weighted by molar-refractivity contribution is -0.670. The molecule has 16 heavy (non-hydrogen) atoms. The van der Waals surface area contributed by atoms with E-state index in [-0.39, 0.29) is 12.4 Å². The lowest BCUT2D eigenvalue weighted by Gasteiger charge is -2.06. The summed E-state index contributed by atoms with van der Waals surface area (Å²) in [5.74, 6) is 0. The Bertz CT molecular complexity index is 295. The van der Waals surface area contributed by atoms with Gasteiger partial charge in [-0.2, -0.15) is 13.2 Å². The van der Waals surface area contributed by atoms with Gasteiger partial charge in [-0.25, -0.2) is 0 Å². The zero-order valence-electron chi connectivity index (χ0n) is 9.02. The molecule has 2 N–H and O–H groups in total. The molecule has 0 bridgehead atoms. The molecule has 0 heterocycles. The number of rotatable bonds is 4. The summed E-state index contributed by atoms with van der Waals surface area (Å²) in [6.45, 7) is 3.82. The van der Waals surface area contributed by atoms with Crippen molar-refractivity contribution in [2.75, 3.05) is 6.54 Å². The van der Waals surface area contributed by atoms with Crippen LogP contribution in [0.4, 0.5) is 13.2 Å². The van der Waals surface area contributed by atoms with E-state index in [0.29, 0.717) is 0 Å². The van der Waals surface area contributed by atoms with E-state index in [4.69, 9.17) is 0 Å². The third-order valence-electron chi connectivity index (χ3n) is 2.15. The van der Waals surface area contributed by atoms with Gasteiger partial charge in [-0.15, -0.1) is 0 Å². The van der Waals surface area contributed by atoms with E-state index in [9.17, 15) is 13.2 Å². The van der Waals surface area contributed by atoms with Crippen LogP contribution in [0.5, 0.6) is 0 Å². The van der Waals surface area contributed by atoms with E-state index >= 15 is 0 Å². The van der Waals surface area contributed by atoms with Crippen LogP contribution in [0.1, 0.15) is 24.5 Å². The number of hydrogen-bond acceptors (Lipinski definition) is 0. The molecule has 0 spiro atoms. The lowest BCUT2D eigenvalue weighted by atomic mass is 10.1. The molecule has 1 aromatic carbocycles. The van der Waals surface area contributed by atoms with Crippen LogP contribution in [0.15, 0.2) is 24.3 Å². The number of alkyl halides is 3. The van der Waals surface area contributed by atoms with Crippen LogP contribution in [-0.4, -0.2) is 6.54 Å². The fourth-order valence-corrected chi connectivity index (χ4v) is 1.30. The van der Waals surface area contributed by atoms with Crippen molar-refractivity contribution in [3.63, 3.8) is 0 Å². The average molecular weight is 254 g/mol. The number of halogens is 4. The van der Waals surface area contributed by atoms with Crippen molar-refractivity contribution in [1.82, 2.24) is 0 Å². The second kappa shape index (κ2) is 6.76. The van der Waals surface area contributed by atoms with Crippen molar-refractivity contribution in [3.05, 3.63) is 35.4 Å². The number of benzene rings is 1. The van der Waals surface area contributed by atoms with E-state index in [0.717, 1.165) is 37.2 Å². The van der Waals surface area contributed by atoms with Crippen LogP contribution in [0.2, 0.25) is 0 Å². The molecule has 0 aliphatic heterocycles. The smallest absolute Gasteiger partial charge is 0.416 e. The lowest BCUT2D eigenvalue weighted by Crippen LogP contribution is -3.00. The van der Waals surface area contributed by atoms with Gasteiger partial charge in [0.1, 0.15) is 6.54 Å². The minimum atomic E-state index is -4.23. The molecular formula is C11H15ClF3N. The molecule has 0 aromatic heterocycles. The van der Waals surface area contributed by atoms with Gasteiger partial charge < -0.3 is 17.7 Å². The fraction of sp³-hybridized carbons (Fsp3) is 0.455. The van der Waals surface area contributed by atoms with Crippen molar-refractivity contribution in [1.29, 1.82) is 0 Å². The van der Waals surface area contributed by atoms with Gasteiger partial charge in [0.25, 0.3) is 0 Å². The molecule has 0 radical (unpaired) electrons. The highest BCUT2D eigenvalue weighted by molar-refractivity contribution is 5.23. The maximum atomic E-state index is 12.2. The first-order chi connectivity index (χ1) is 7.04. The first-order valence-corrected chi connectivity index (χ1v) is 5.02. The van der Waals surface area contributed by atoms with Crippen molar-refractivity contribution in [2.45, 2.75) is 26.1 Å². The summed E-state index contributed by atoms with van der Waals surface area (Å²) in [4.78, 5) is 0. The Balaban J connectivity index is 0.00000225. The van der Waals surface area contributed by atoms with Gasteiger partial charge in [0.2, 0.25) is 0 Å². The Morgan fingerprint density at radius 3 is 2.12 bits per heavy atom. The highest BCUT2D eigenvalue weighted by Gasteiger charge is 2.29. The van der Waals surface area contributed by atoms with E-state index in [1.165, 1.54) is 12.1 Å². The van der Waals surface area contributed by atoms with Crippen LogP contribution < -0.4 is 17.7 Å². The zero-order chi connectivity index (χ0) is 11.3. The summed E-state index contributed by atoms with van der Waals surface area (Å²) in [6, 6.07) is 5.34. The average Bonchev–Trinajstić information content (AvgIpc) is 2.18. The van der Waals surface area contributed by atoms with Crippen molar-refractivity contribution in [2.24, 2.45) is 0 Å². The van der Waals surface area contributed by atoms with Gasteiger partial charge in [-0.1, -0.05) is 19.1 Å². The molecule has 1 rings (SSSR count). The van der Waals surface area contributed by atoms with Crippen LogP contribution in [0.3, 0.4) is 0 Å².